The van der Waals surface area contributed by atoms with Crippen LogP contribution in [0.4, 0.5) is 0 Å². The Hall–Kier alpha value is -1.05. The van der Waals surface area contributed by atoms with Crippen molar-refractivity contribution in [3.63, 3.8) is 0 Å². The van der Waals surface area contributed by atoms with E-state index in [9.17, 15) is 0 Å². The normalized spacial score (nSPS) is 43.0. The lowest BCUT2D eigenvalue weighted by molar-refractivity contribution is -0.0905. The Labute approximate surface area is 178 Å². The van der Waals surface area contributed by atoms with Crippen LogP contribution < -0.4 is 0 Å². The van der Waals surface area contributed by atoms with E-state index in [-0.39, 0.29) is 11.0 Å². The molecule has 0 saturated heterocycles. The largest absolute Gasteiger partial charge is 0.401 e. The van der Waals surface area contributed by atoms with Gasteiger partial charge in [-0.3, -0.25) is 0 Å². The molecule has 0 radical (unpaired) electrons. The van der Waals surface area contributed by atoms with Gasteiger partial charge in [-0.1, -0.05) is 23.6 Å². The summed E-state index contributed by atoms with van der Waals surface area (Å²) in [7, 11) is -0.0659. The van der Waals surface area contributed by atoms with Gasteiger partial charge in [-0.25, -0.2) is 0 Å². The third kappa shape index (κ3) is 3.33. The van der Waals surface area contributed by atoms with E-state index < -0.39 is 8.32 Å². The minimum atomic E-state index is -1.72. The number of fused-ring (bicyclic) bond motifs is 5. The minimum Gasteiger partial charge on any atom is -0.401 e. The van der Waals surface area contributed by atoms with Crippen LogP contribution in [0, 0.1) is 41.4 Å². The van der Waals surface area contributed by atoms with Crippen LogP contribution in [0.25, 0.3) is 0 Å². The summed E-state index contributed by atoms with van der Waals surface area (Å²) in [5.74, 6) is 6.38. The standard InChI is InChI=1S/C25H39NO2Si/c1-7-24-15-13-21-20-12-10-19(26-27-3)17-18(20)9-11-22(21)23(24)14-16-25(24,8-2)28-29(4,5)6/h2,17,20-23H,7,9-16H2,1,3-6H3/b26-19+. The molecule has 0 heterocycles. The second-order valence-electron chi connectivity index (χ2n) is 10.9. The van der Waals surface area contributed by atoms with Crippen LogP contribution in [0.2, 0.25) is 19.6 Å². The molecule has 0 N–H and O–H groups in total. The summed E-state index contributed by atoms with van der Waals surface area (Å²) in [4.78, 5) is 5.04. The molecule has 0 aliphatic heterocycles. The SMILES string of the molecule is C#CC1(O[Si](C)(C)C)CCC2C3CCC4=C/C(=N/OC)CCC4C3CCC21CC. The van der Waals surface area contributed by atoms with Gasteiger partial charge in [0.15, 0.2) is 8.32 Å². The number of allylic oxidation sites excluding steroid dienone is 2. The van der Waals surface area contributed by atoms with Crippen molar-refractivity contribution in [3.8, 4) is 12.3 Å². The first-order chi connectivity index (χ1) is 13.8. The third-order valence-electron chi connectivity index (χ3n) is 8.69. The molecule has 6 atom stereocenters. The number of terminal acetylenes is 1. The summed E-state index contributed by atoms with van der Waals surface area (Å²) in [6.07, 6.45) is 19.5. The van der Waals surface area contributed by atoms with Gasteiger partial charge in [0.1, 0.15) is 12.7 Å². The minimum absolute atomic E-state index is 0.182. The molecule has 4 rings (SSSR count). The van der Waals surface area contributed by atoms with E-state index in [4.69, 9.17) is 15.7 Å². The predicted molar refractivity (Wildman–Crippen MR) is 122 cm³/mol. The lowest BCUT2D eigenvalue weighted by Gasteiger charge is -2.57. The summed E-state index contributed by atoms with van der Waals surface area (Å²) >= 11 is 0. The topological polar surface area (TPSA) is 30.8 Å². The number of nitrogens with zero attached hydrogens (tertiary/aromatic N) is 1. The fraction of sp³-hybridized carbons (Fsp3) is 0.800. The Balaban J connectivity index is 1.63. The van der Waals surface area contributed by atoms with E-state index in [0.717, 1.165) is 48.6 Å². The van der Waals surface area contributed by atoms with Gasteiger partial charge in [-0.05, 0) is 107 Å². The molecule has 3 saturated carbocycles. The van der Waals surface area contributed by atoms with Crippen molar-refractivity contribution in [1.29, 1.82) is 0 Å². The molecule has 0 aromatic carbocycles. The lowest BCUT2D eigenvalue weighted by atomic mass is 9.49. The molecule has 0 aromatic rings. The van der Waals surface area contributed by atoms with Crippen molar-refractivity contribution >= 4 is 14.0 Å². The molecule has 0 aromatic heterocycles. The first kappa shape index (κ1) is 21.2. The number of rotatable bonds is 4. The zero-order valence-corrected chi connectivity index (χ0v) is 20.1. The highest BCUT2D eigenvalue weighted by atomic mass is 28.4. The maximum Gasteiger partial charge on any atom is 0.185 e. The Morgan fingerprint density at radius 3 is 2.59 bits per heavy atom. The highest BCUT2D eigenvalue weighted by Gasteiger charge is 2.65. The molecule has 3 fully saturated rings. The summed E-state index contributed by atoms with van der Waals surface area (Å²) in [6.45, 7) is 9.27. The Morgan fingerprint density at radius 2 is 1.93 bits per heavy atom. The van der Waals surface area contributed by atoms with Gasteiger partial charge in [0.05, 0.1) is 5.71 Å². The number of hydrogen-bond donors (Lipinski definition) is 0. The van der Waals surface area contributed by atoms with E-state index in [1.807, 2.05) is 0 Å². The second-order valence-corrected chi connectivity index (χ2v) is 15.3. The van der Waals surface area contributed by atoms with Crippen molar-refractivity contribution < 1.29 is 9.26 Å². The van der Waals surface area contributed by atoms with Crippen LogP contribution in [0.3, 0.4) is 0 Å². The molecule has 0 spiro atoms. The fourth-order valence-electron chi connectivity index (χ4n) is 7.84. The Bertz CT molecular complexity index is 745. The van der Waals surface area contributed by atoms with Gasteiger partial charge < -0.3 is 9.26 Å². The highest BCUT2D eigenvalue weighted by Crippen LogP contribution is 2.67. The molecule has 160 valence electrons. The molecule has 3 nitrogen and oxygen atoms in total. The van der Waals surface area contributed by atoms with Crippen LogP contribution in [0.15, 0.2) is 16.8 Å². The molecule has 0 bridgehead atoms. The molecule has 29 heavy (non-hydrogen) atoms. The molecule has 0 amide bonds. The van der Waals surface area contributed by atoms with Crippen molar-refractivity contribution in [1.82, 2.24) is 0 Å². The molecule has 6 unspecified atom stereocenters. The van der Waals surface area contributed by atoms with Gasteiger partial charge in [-0.2, -0.15) is 0 Å². The highest BCUT2D eigenvalue weighted by molar-refractivity contribution is 6.69. The van der Waals surface area contributed by atoms with Gasteiger partial charge in [0.25, 0.3) is 0 Å². The zero-order valence-electron chi connectivity index (χ0n) is 19.1. The fourth-order valence-corrected chi connectivity index (χ4v) is 9.25. The molecule has 4 heteroatoms. The molecular formula is C25H39NO2Si. The molecule has 4 aliphatic rings. The van der Waals surface area contributed by atoms with Crippen molar-refractivity contribution in [2.75, 3.05) is 7.11 Å². The van der Waals surface area contributed by atoms with Crippen LogP contribution in [0.1, 0.15) is 64.7 Å². The van der Waals surface area contributed by atoms with Crippen LogP contribution in [-0.4, -0.2) is 26.7 Å². The third-order valence-corrected chi connectivity index (χ3v) is 9.65. The summed E-state index contributed by atoms with van der Waals surface area (Å²) in [6, 6.07) is 0. The van der Waals surface area contributed by atoms with Gasteiger partial charge in [0.2, 0.25) is 0 Å². The second kappa shape index (κ2) is 7.57. The van der Waals surface area contributed by atoms with E-state index in [1.54, 1.807) is 12.7 Å². The van der Waals surface area contributed by atoms with Gasteiger partial charge in [0, 0.05) is 5.41 Å². The lowest BCUT2D eigenvalue weighted by Crippen LogP contribution is -2.57. The average Bonchev–Trinajstić information content (AvgIpc) is 3.01. The summed E-state index contributed by atoms with van der Waals surface area (Å²) < 4.78 is 6.89. The van der Waals surface area contributed by atoms with E-state index in [2.05, 4.69) is 43.7 Å². The maximum absolute atomic E-state index is 6.89. The van der Waals surface area contributed by atoms with E-state index in [0.29, 0.717) is 0 Å². The number of hydrogen-bond acceptors (Lipinski definition) is 3. The first-order valence-corrected chi connectivity index (χ1v) is 15.2. The van der Waals surface area contributed by atoms with Crippen LogP contribution in [0.5, 0.6) is 0 Å². The number of oxime groups is 1. The van der Waals surface area contributed by atoms with E-state index in [1.165, 1.54) is 38.5 Å². The Kier molecular flexibility index (Phi) is 5.53. The van der Waals surface area contributed by atoms with Crippen molar-refractivity contribution in [2.45, 2.75) is 90.0 Å². The summed E-state index contributed by atoms with van der Waals surface area (Å²) in [5, 5.41) is 4.23. The van der Waals surface area contributed by atoms with Crippen molar-refractivity contribution in [2.24, 2.45) is 34.2 Å². The monoisotopic (exact) mass is 413 g/mol. The smallest absolute Gasteiger partial charge is 0.185 e. The quantitative estimate of drug-likeness (QED) is 0.313. The van der Waals surface area contributed by atoms with E-state index >= 15 is 0 Å². The van der Waals surface area contributed by atoms with Gasteiger partial charge >= 0.3 is 0 Å². The first-order valence-electron chi connectivity index (χ1n) is 11.8. The maximum atomic E-state index is 6.89. The van der Waals surface area contributed by atoms with Crippen LogP contribution >= 0.6 is 0 Å². The van der Waals surface area contributed by atoms with Crippen molar-refractivity contribution in [3.05, 3.63) is 11.6 Å². The zero-order chi connectivity index (χ0) is 20.9. The molecule has 4 aliphatic carbocycles. The summed E-state index contributed by atoms with van der Waals surface area (Å²) in [5.41, 5.74) is 2.62. The average molecular weight is 414 g/mol. The molecular weight excluding hydrogens is 374 g/mol. The predicted octanol–water partition coefficient (Wildman–Crippen LogP) is 6.18. The van der Waals surface area contributed by atoms with Crippen LogP contribution in [-0.2, 0) is 9.26 Å². The Morgan fingerprint density at radius 1 is 1.14 bits per heavy atom. The van der Waals surface area contributed by atoms with Gasteiger partial charge in [-0.15, -0.1) is 6.42 Å².